The Morgan fingerprint density at radius 3 is 2.67 bits per heavy atom. The lowest BCUT2D eigenvalue weighted by atomic mass is 10.1. The van der Waals surface area contributed by atoms with Gasteiger partial charge in [-0.2, -0.15) is 10.2 Å². The summed E-state index contributed by atoms with van der Waals surface area (Å²) in [4.78, 5) is 29.3. The molecule has 0 unspecified atom stereocenters. The highest BCUT2D eigenvalue weighted by Gasteiger charge is 2.17. The van der Waals surface area contributed by atoms with Gasteiger partial charge in [0.2, 0.25) is 5.88 Å². The lowest BCUT2D eigenvalue weighted by Crippen LogP contribution is -2.22. The van der Waals surface area contributed by atoms with Gasteiger partial charge in [0.25, 0.3) is 11.5 Å². The lowest BCUT2D eigenvalue weighted by Gasteiger charge is -2.11. The smallest absolute Gasteiger partial charge is 0.269 e. The molecule has 2 heterocycles. The predicted octanol–water partition coefficient (Wildman–Crippen LogP) is 2.45. The highest BCUT2D eigenvalue weighted by atomic mass is 16.5. The second-order valence-corrected chi connectivity index (χ2v) is 5.68. The van der Waals surface area contributed by atoms with E-state index in [1.807, 2.05) is 19.1 Å². The van der Waals surface area contributed by atoms with Crippen molar-refractivity contribution in [3.63, 3.8) is 0 Å². The fourth-order valence-corrected chi connectivity index (χ4v) is 2.52. The molecule has 1 amide bonds. The van der Waals surface area contributed by atoms with E-state index >= 15 is 0 Å². The molecule has 7 nitrogen and oxygen atoms in total. The second-order valence-electron chi connectivity index (χ2n) is 5.68. The van der Waals surface area contributed by atoms with Crippen LogP contribution in [0.1, 0.15) is 11.1 Å². The van der Waals surface area contributed by atoms with Crippen molar-refractivity contribution >= 4 is 17.6 Å². The maximum Gasteiger partial charge on any atom is 0.269 e. The third-order valence-electron chi connectivity index (χ3n) is 3.89. The van der Waals surface area contributed by atoms with Gasteiger partial charge in [-0.3, -0.25) is 14.0 Å². The number of hydrogen-bond donors (Lipinski definition) is 1. The van der Waals surface area contributed by atoms with E-state index in [2.05, 4.69) is 10.3 Å². The van der Waals surface area contributed by atoms with Crippen LogP contribution in [0.15, 0.2) is 59.0 Å². The van der Waals surface area contributed by atoms with E-state index in [0.29, 0.717) is 11.4 Å². The first-order valence-electron chi connectivity index (χ1n) is 8.14. The largest absolute Gasteiger partial charge is 0.438 e. The van der Waals surface area contributed by atoms with Crippen LogP contribution in [0.3, 0.4) is 0 Å². The zero-order chi connectivity index (χ0) is 19.4. The molecule has 3 aromatic rings. The standard InChI is InChI=1S/C20H16N4O3/c1-13-7-6-10-24-17(13)23-19(27-15-8-4-3-5-9-15)16(20(24)26)11-14(12-21)18(25)22-2/h3-11H,1-2H3,(H,22,25). The Kier molecular flexibility index (Phi) is 4.99. The quantitative estimate of drug-likeness (QED) is 0.569. The van der Waals surface area contributed by atoms with Crippen molar-refractivity contribution in [1.29, 1.82) is 5.26 Å². The highest BCUT2D eigenvalue weighted by Crippen LogP contribution is 2.24. The molecule has 0 bridgehead atoms. The van der Waals surface area contributed by atoms with Gasteiger partial charge in [0.1, 0.15) is 28.6 Å². The molecule has 0 fully saturated rings. The van der Waals surface area contributed by atoms with Crippen molar-refractivity contribution in [2.75, 3.05) is 7.05 Å². The normalized spacial score (nSPS) is 11.1. The number of aryl methyl sites for hydroxylation is 1. The Labute approximate surface area is 155 Å². The van der Waals surface area contributed by atoms with Gasteiger partial charge in [0.15, 0.2) is 0 Å². The number of likely N-dealkylation sites (N-methyl/N-ethyl adjacent to an activating group) is 1. The SMILES string of the molecule is CNC(=O)C(C#N)=Cc1c(Oc2ccccc2)nc2c(C)cccn2c1=O. The van der Waals surface area contributed by atoms with Gasteiger partial charge in [-0.15, -0.1) is 0 Å². The maximum absolute atomic E-state index is 13.0. The van der Waals surface area contributed by atoms with Crippen molar-refractivity contribution in [2.24, 2.45) is 0 Å². The third kappa shape index (κ3) is 3.55. The number of nitriles is 1. The van der Waals surface area contributed by atoms with E-state index in [1.54, 1.807) is 42.6 Å². The van der Waals surface area contributed by atoms with E-state index < -0.39 is 11.5 Å². The molecule has 0 aliphatic carbocycles. The zero-order valence-electron chi connectivity index (χ0n) is 14.8. The minimum Gasteiger partial charge on any atom is -0.438 e. The summed E-state index contributed by atoms with van der Waals surface area (Å²) in [5.41, 5.74) is 0.578. The lowest BCUT2D eigenvalue weighted by molar-refractivity contribution is -0.116. The van der Waals surface area contributed by atoms with Gasteiger partial charge < -0.3 is 10.1 Å². The van der Waals surface area contributed by atoms with E-state index in [9.17, 15) is 14.9 Å². The summed E-state index contributed by atoms with van der Waals surface area (Å²) in [6, 6.07) is 14.2. The van der Waals surface area contributed by atoms with Crippen molar-refractivity contribution < 1.29 is 9.53 Å². The average molecular weight is 360 g/mol. The summed E-state index contributed by atoms with van der Waals surface area (Å²) in [6.07, 6.45) is 2.77. The number of para-hydroxylation sites is 1. The summed E-state index contributed by atoms with van der Waals surface area (Å²) in [7, 11) is 1.41. The van der Waals surface area contributed by atoms with Crippen LogP contribution in [0, 0.1) is 18.3 Å². The topological polar surface area (TPSA) is 96.5 Å². The Morgan fingerprint density at radius 2 is 2.00 bits per heavy atom. The number of nitrogens with zero attached hydrogens (tertiary/aromatic N) is 3. The van der Waals surface area contributed by atoms with Crippen LogP contribution in [-0.4, -0.2) is 22.3 Å². The van der Waals surface area contributed by atoms with Gasteiger partial charge in [0, 0.05) is 13.2 Å². The summed E-state index contributed by atoms with van der Waals surface area (Å²) in [5, 5.41) is 11.6. The molecular weight excluding hydrogens is 344 g/mol. The summed E-state index contributed by atoms with van der Waals surface area (Å²) < 4.78 is 7.16. The molecular formula is C20H16N4O3. The van der Waals surface area contributed by atoms with Gasteiger partial charge in [-0.25, -0.2) is 0 Å². The first kappa shape index (κ1) is 17.9. The van der Waals surface area contributed by atoms with Crippen LogP contribution in [-0.2, 0) is 4.79 Å². The Bertz CT molecular complexity index is 1140. The molecule has 0 radical (unpaired) electrons. The van der Waals surface area contributed by atoms with Crippen LogP contribution in [0.2, 0.25) is 0 Å². The predicted molar refractivity (Wildman–Crippen MR) is 100 cm³/mol. The molecule has 0 aliphatic heterocycles. The van der Waals surface area contributed by atoms with Gasteiger partial charge >= 0.3 is 0 Å². The number of rotatable bonds is 4. The van der Waals surface area contributed by atoms with Gasteiger partial charge in [-0.1, -0.05) is 24.3 Å². The number of carbonyl (C=O) groups is 1. The second kappa shape index (κ2) is 7.54. The fourth-order valence-electron chi connectivity index (χ4n) is 2.52. The van der Waals surface area contributed by atoms with Gasteiger partial charge in [0.05, 0.1) is 0 Å². The minimum atomic E-state index is -0.600. The molecule has 1 N–H and O–H groups in total. The Hall–Kier alpha value is -3.92. The average Bonchev–Trinajstić information content (AvgIpc) is 2.69. The number of benzene rings is 1. The monoisotopic (exact) mass is 360 g/mol. The van der Waals surface area contributed by atoms with Crippen molar-refractivity contribution in [1.82, 2.24) is 14.7 Å². The number of ether oxygens (including phenoxy) is 1. The number of aromatic nitrogens is 2. The molecule has 134 valence electrons. The molecule has 0 saturated carbocycles. The first-order chi connectivity index (χ1) is 13.0. The van der Waals surface area contributed by atoms with E-state index in [-0.39, 0.29) is 17.0 Å². The van der Waals surface area contributed by atoms with Crippen molar-refractivity contribution in [3.05, 3.63) is 75.7 Å². The number of pyridine rings is 1. The first-order valence-corrected chi connectivity index (χ1v) is 8.14. The van der Waals surface area contributed by atoms with Gasteiger partial charge in [-0.05, 0) is 36.8 Å². The van der Waals surface area contributed by atoms with Crippen LogP contribution < -0.4 is 15.6 Å². The molecule has 1 aromatic carbocycles. The molecule has 3 rings (SSSR count). The molecule has 27 heavy (non-hydrogen) atoms. The molecule has 2 aromatic heterocycles. The van der Waals surface area contributed by atoms with Crippen molar-refractivity contribution in [2.45, 2.75) is 6.92 Å². The molecule has 0 atom stereocenters. The van der Waals surface area contributed by atoms with Crippen LogP contribution in [0.5, 0.6) is 11.6 Å². The Balaban J connectivity index is 2.29. The molecule has 0 aliphatic rings. The van der Waals surface area contributed by atoms with Crippen molar-refractivity contribution in [3.8, 4) is 17.7 Å². The summed E-state index contributed by atoms with van der Waals surface area (Å²) >= 11 is 0. The third-order valence-corrected chi connectivity index (χ3v) is 3.89. The van der Waals surface area contributed by atoms with Crippen LogP contribution >= 0.6 is 0 Å². The van der Waals surface area contributed by atoms with E-state index in [1.165, 1.54) is 17.5 Å². The summed E-state index contributed by atoms with van der Waals surface area (Å²) in [6.45, 7) is 1.83. The maximum atomic E-state index is 13.0. The molecule has 7 heteroatoms. The number of fused-ring (bicyclic) bond motifs is 1. The number of hydrogen-bond acceptors (Lipinski definition) is 5. The molecule has 0 spiro atoms. The van der Waals surface area contributed by atoms with E-state index in [0.717, 1.165) is 5.56 Å². The van der Waals surface area contributed by atoms with Crippen LogP contribution in [0.25, 0.3) is 11.7 Å². The Morgan fingerprint density at radius 1 is 1.26 bits per heavy atom. The molecule has 0 saturated heterocycles. The number of amides is 1. The zero-order valence-corrected chi connectivity index (χ0v) is 14.8. The van der Waals surface area contributed by atoms with Crippen LogP contribution in [0.4, 0.5) is 0 Å². The minimum absolute atomic E-state index is 0.0158. The number of nitrogens with one attached hydrogen (secondary N) is 1. The summed E-state index contributed by atoms with van der Waals surface area (Å²) in [5.74, 6) is -0.0931. The van der Waals surface area contributed by atoms with E-state index in [4.69, 9.17) is 4.74 Å². The highest BCUT2D eigenvalue weighted by molar-refractivity contribution is 6.01. The fraction of sp³-hybridized carbons (Fsp3) is 0.100. The number of carbonyl (C=O) groups excluding carboxylic acids is 1.